The minimum Gasteiger partial charge on any atom is -0.329 e. The highest BCUT2D eigenvalue weighted by Gasteiger charge is 2.01. The Bertz CT molecular complexity index is 514. The predicted molar refractivity (Wildman–Crippen MR) is 71.3 cm³/mol. The molecule has 17 heavy (non-hydrogen) atoms. The first-order chi connectivity index (χ1) is 8.16. The van der Waals surface area contributed by atoms with Gasteiger partial charge in [0.1, 0.15) is 0 Å². The molecule has 2 aromatic heterocycles. The first-order valence-corrected chi connectivity index (χ1v) is 6.13. The highest BCUT2D eigenvalue weighted by atomic mass is 79.9. The molecule has 88 valence electrons. The van der Waals surface area contributed by atoms with Crippen LogP contribution in [0, 0.1) is 0 Å². The van der Waals surface area contributed by atoms with Crippen molar-refractivity contribution in [3.8, 4) is 0 Å². The summed E-state index contributed by atoms with van der Waals surface area (Å²) < 4.78 is 2.97. The maximum absolute atomic E-state index is 4.18. The third kappa shape index (κ3) is 3.00. The number of imidazole rings is 1. The summed E-state index contributed by atoms with van der Waals surface area (Å²) >= 11 is 3.30. The van der Waals surface area contributed by atoms with E-state index in [0.717, 1.165) is 10.2 Å². The van der Waals surface area contributed by atoms with Crippen molar-refractivity contribution in [2.75, 3.05) is 0 Å². The number of nitrogens with zero attached hydrogens (tertiary/aromatic N) is 4. The molecule has 0 radical (unpaired) electrons. The summed E-state index contributed by atoms with van der Waals surface area (Å²) in [5.41, 5.74) is 1.05. The van der Waals surface area contributed by atoms with Gasteiger partial charge in [-0.3, -0.25) is 0 Å². The van der Waals surface area contributed by atoms with Gasteiger partial charge in [0.2, 0.25) is 0 Å². The van der Waals surface area contributed by atoms with Crippen LogP contribution in [-0.2, 0) is 0 Å². The molecule has 0 bridgehead atoms. The molecule has 0 saturated carbocycles. The summed E-state index contributed by atoms with van der Waals surface area (Å²) in [5.74, 6) is 0.685. The van der Waals surface area contributed by atoms with Crippen LogP contribution in [0.4, 0.5) is 0 Å². The molecule has 0 amide bonds. The van der Waals surface area contributed by atoms with Gasteiger partial charge in [-0.2, -0.15) is 0 Å². The molecular weight excluding hydrogens is 280 g/mol. The maximum Gasteiger partial charge on any atom is 0.151 e. The van der Waals surface area contributed by atoms with Crippen LogP contribution in [0.25, 0.3) is 12.2 Å². The van der Waals surface area contributed by atoms with Crippen LogP contribution >= 0.6 is 15.9 Å². The van der Waals surface area contributed by atoms with Crippen molar-refractivity contribution >= 4 is 28.1 Å². The largest absolute Gasteiger partial charge is 0.329 e. The summed E-state index contributed by atoms with van der Waals surface area (Å²) in [6.45, 7) is 4.24. The second kappa shape index (κ2) is 5.23. The summed E-state index contributed by atoms with van der Waals surface area (Å²) in [5, 5.41) is 0. The normalized spacial score (nSPS) is 11.5. The average molecular weight is 293 g/mol. The fourth-order valence-corrected chi connectivity index (χ4v) is 1.65. The summed E-state index contributed by atoms with van der Waals surface area (Å²) in [6, 6.07) is 0.392. The SMILES string of the molecule is CC(C)n1cncc1/C=C/c1ncc(Br)cn1. The summed E-state index contributed by atoms with van der Waals surface area (Å²) in [7, 11) is 0. The fourth-order valence-electron chi connectivity index (χ4n) is 1.44. The molecule has 5 heteroatoms. The van der Waals surface area contributed by atoms with Crippen LogP contribution in [0.2, 0.25) is 0 Å². The first kappa shape index (κ1) is 12.0. The van der Waals surface area contributed by atoms with Gasteiger partial charge in [0.15, 0.2) is 5.82 Å². The highest BCUT2D eigenvalue weighted by Crippen LogP contribution is 2.12. The zero-order valence-corrected chi connectivity index (χ0v) is 11.3. The van der Waals surface area contributed by atoms with E-state index in [-0.39, 0.29) is 0 Å². The molecule has 2 aromatic rings. The molecular formula is C12H13BrN4. The molecule has 4 nitrogen and oxygen atoms in total. The van der Waals surface area contributed by atoms with Crippen molar-refractivity contribution in [3.05, 3.63) is 40.9 Å². The molecule has 2 rings (SSSR count). The molecule has 0 aliphatic carbocycles. The Kier molecular flexibility index (Phi) is 3.68. The monoisotopic (exact) mass is 292 g/mol. The van der Waals surface area contributed by atoms with Crippen LogP contribution < -0.4 is 0 Å². The average Bonchev–Trinajstić information content (AvgIpc) is 2.76. The first-order valence-electron chi connectivity index (χ1n) is 5.34. The number of hydrogen-bond acceptors (Lipinski definition) is 3. The molecule has 0 aromatic carbocycles. The zero-order chi connectivity index (χ0) is 12.3. The van der Waals surface area contributed by atoms with Crippen molar-refractivity contribution in [2.45, 2.75) is 19.9 Å². The van der Waals surface area contributed by atoms with Gasteiger partial charge >= 0.3 is 0 Å². The van der Waals surface area contributed by atoms with E-state index in [4.69, 9.17) is 0 Å². The Morgan fingerprint density at radius 1 is 1.18 bits per heavy atom. The minimum absolute atomic E-state index is 0.392. The van der Waals surface area contributed by atoms with Gasteiger partial charge in [0.05, 0.1) is 22.7 Å². The van der Waals surface area contributed by atoms with Gasteiger partial charge in [-0.15, -0.1) is 0 Å². The van der Waals surface area contributed by atoms with Crippen molar-refractivity contribution in [1.82, 2.24) is 19.5 Å². The van der Waals surface area contributed by atoms with Crippen LogP contribution in [0.1, 0.15) is 31.4 Å². The number of aromatic nitrogens is 4. The second-order valence-corrected chi connectivity index (χ2v) is 4.83. The quantitative estimate of drug-likeness (QED) is 0.873. The van der Waals surface area contributed by atoms with Crippen molar-refractivity contribution in [3.63, 3.8) is 0 Å². The van der Waals surface area contributed by atoms with Crippen molar-refractivity contribution in [1.29, 1.82) is 0 Å². The Morgan fingerprint density at radius 2 is 1.88 bits per heavy atom. The van der Waals surface area contributed by atoms with Crippen molar-refractivity contribution in [2.24, 2.45) is 0 Å². The molecule has 2 heterocycles. The van der Waals surface area contributed by atoms with E-state index in [1.165, 1.54) is 0 Å². The van der Waals surface area contributed by atoms with E-state index in [1.807, 2.05) is 24.7 Å². The van der Waals surface area contributed by atoms with Crippen LogP contribution in [-0.4, -0.2) is 19.5 Å². The molecule has 0 atom stereocenters. The van der Waals surface area contributed by atoms with E-state index in [9.17, 15) is 0 Å². The van der Waals surface area contributed by atoms with Gasteiger partial charge < -0.3 is 4.57 Å². The second-order valence-electron chi connectivity index (χ2n) is 3.91. The number of halogens is 1. The molecule has 0 N–H and O–H groups in total. The third-order valence-electron chi connectivity index (χ3n) is 2.30. The maximum atomic E-state index is 4.18. The van der Waals surface area contributed by atoms with E-state index < -0.39 is 0 Å². The molecule has 0 spiro atoms. The van der Waals surface area contributed by atoms with E-state index in [0.29, 0.717) is 11.9 Å². The lowest BCUT2D eigenvalue weighted by molar-refractivity contribution is 0.595. The lowest BCUT2D eigenvalue weighted by atomic mass is 10.3. The lowest BCUT2D eigenvalue weighted by Crippen LogP contribution is -2.00. The third-order valence-corrected chi connectivity index (χ3v) is 2.71. The number of rotatable bonds is 3. The summed E-state index contributed by atoms with van der Waals surface area (Å²) in [6.07, 6.45) is 11.0. The summed E-state index contributed by atoms with van der Waals surface area (Å²) in [4.78, 5) is 12.5. The Hall–Kier alpha value is -1.49. The van der Waals surface area contributed by atoms with Crippen LogP contribution in [0.5, 0.6) is 0 Å². The molecule has 0 aliphatic heterocycles. The molecule has 0 fully saturated rings. The Balaban J connectivity index is 2.20. The van der Waals surface area contributed by atoms with Gasteiger partial charge in [0, 0.05) is 18.4 Å². The van der Waals surface area contributed by atoms with Gasteiger partial charge in [-0.25, -0.2) is 15.0 Å². The number of hydrogen-bond donors (Lipinski definition) is 0. The Labute approximate surface area is 109 Å². The fraction of sp³-hybridized carbons (Fsp3) is 0.250. The molecule has 0 unspecified atom stereocenters. The zero-order valence-electron chi connectivity index (χ0n) is 9.71. The smallest absolute Gasteiger partial charge is 0.151 e. The topological polar surface area (TPSA) is 43.6 Å². The van der Waals surface area contributed by atoms with Gasteiger partial charge in [-0.05, 0) is 41.9 Å². The standard InChI is InChI=1S/C12H13BrN4/c1-9(2)17-8-14-7-11(17)3-4-12-15-5-10(13)6-16-12/h3-9H,1-2H3/b4-3+. The van der Waals surface area contributed by atoms with Crippen molar-refractivity contribution < 1.29 is 0 Å². The van der Waals surface area contributed by atoms with Crippen LogP contribution in [0.15, 0.2) is 29.4 Å². The minimum atomic E-state index is 0.392. The molecule has 0 saturated heterocycles. The van der Waals surface area contributed by atoms with E-state index >= 15 is 0 Å². The predicted octanol–water partition coefficient (Wildman–Crippen LogP) is 3.19. The molecule has 0 aliphatic rings. The van der Waals surface area contributed by atoms with E-state index in [1.54, 1.807) is 12.4 Å². The Morgan fingerprint density at radius 3 is 2.53 bits per heavy atom. The highest BCUT2D eigenvalue weighted by molar-refractivity contribution is 9.10. The van der Waals surface area contributed by atoms with Crippen LogP contribution in [0.3, 0.4) is 0 Å². The lowest BCUT2D eigenvalue weighted by Gasteiger charge is -2.08. The van der Waals surface area contributed by atoms with E-state index in [2.05, 4.69) is 49.3 Å². The van der Waals surface area contributed by atoms with Gasteiger partial charge in [-0.1, -0.05) is 0 Å². The van der Waals surface area contributed by atoms with Gasteiger partial charge in [0.25, 0.3) is 0 Å².